The highest BCUT2D eigenvalue weighted by Gasteiger charge is 2.18. The van der Waals surface area contributed by atoms with Gasteiger partial charge in [-0.1, -0.05) is 23.9 Å². The molecule has 2 heterocycles. The zero-order valence-corrected chi connectivity index (χ0v) is 16.0. The van der Waals surface area contributed by atoms with Crippen LogP contribution in [0.1, 0.15) is 23.9 Å². The molecule has 0 bridgehead atoms. The van der Waals surface area contributed by atoms with Crippen molar-refractivity contribution in [3.63, 3.8) is 0 Å². The molecule has 1 atom stereocenters. The van der Waals surface area contributed by atoms with E-state index < -0.39 is 0 Å². The number of ether oxygens (including phenoxy) is 1. The minimum atomic E-state index is -0.313. The number of thioether (sulfide) groups is 1. The molecule has 0 aliphatic carbocycles. The monoisotopic (exact) mass is 371 g/mol. The Labute approximate surface area is 156 Å². The Morgan fingerprint density at radius 2 is 2.00 bits per heavy atom. The average molecular weight is 371 g/mol. The quantitative estimate of drug-likeness (QED) is 0.671. The molecule has 0 spiro atoms. The van der Waals surface area contributed by atoms with E-state index in [0.717, 1.165) is 22.7 Å². The van der Waals surface area contributed by atoms with Crippen LogP contribution in [-0.2, 0) is 11.3 Å². The molecular formula is C18H21N5O2S. The molecule has 3 aromatic rings. The van der Waals surface area contributed by atoms with Gasteiger partial charge in [-0.05, 0) is 44.5 Å². The third-order valence-electron chi connectivity index (χ3n) is 3.88. The highest BCUT2D eigenvalue weighted by atomic mass is 32.2. The molecule has 1 amide bonds. The minimum absolute atomic E-state index is 0.0643. The fraction of sp³-hybridized carbons (Fsp3) is 0.333. The van der Waals surface area contributed by atoms with Gasteiger partial charge in [-0.25, -0.2) is 9.50 Å². The molecule has 136 valence electrons. The Morgan fingerprint density at radius 3 is 2.69 bits per heavy atom. The van der Waals surface area contributed by atoms with E-state index in [-0.39, 0.29) is 11.2 Å². The van der Waals surface area contributed by atoms with Gasteiger partial charge < -0.3 is 10.1 Å². The van der Waals surface area contributed by atoms with Gasteiger partial charge in [-0.3, -0.25) is 4.79 Å². The summed E-state index contributed by atoms with van der Waals surface area (Å²) in [6.45, 7) is 6.18. The first-order valence-corrected chi connectivity index (χ1v) is 9.12. The molecule has 1 aromatic carbocycles. The fourth-order valence-electron chi connectivity index (χ4n) is 2.49. The molecule has 8 heteroatoms. The van der Waals surface area contributed by atoms with Crippen molar-refractivity contribution in [2.45, 2.75) is 37.7 Å². The SMILES string of the molecule is COc1ccc(CNC(=O)C(C)Sc2nc3nc(C)cc(C)n3n2)cc1. The van der Waals surface area contributed by atoms with Crippen LogP contribution in [0.5, 0.6) is 5.75 Å². The van der Waals surface area contributed by atoms with Crippen LogP contribution in [0.4, 0.5) is 0 Å². The van der Waals surface area contributed by atoms with Gasteiger partial charge in [-0.15, -0.1) is 5.10 Å². The van der Waals surface area contributed by atoms with Gasteiger partial charge in [0, 0.05) is 17.9 Å². The van der Waals surface area contributed by atoms with E-state index >= 15 is 0 Å². The standard InChI is InChI=1S/C18H21N5O2S/c1-11-9-12(2)23-17(20-11)21-18(22-23)26-13(3)16(24)19-10-14-5-7-15(25-4)8-6-14/h5-9,13H,10H2,1-4H3,(H,19,24). The molecule has 0 fully saturated rings. The Morgan fingerprint density at radius 1 is 1.27 bits per heavy atom. The Hall–Kier alpha value is -2.61. The third-order valence-corrected chi connectivity index (χ3v) is 4.83. The van der Waals surface area contributed by atoms with E-state index in [9.17, 15) is 4.79 Å². The Balaban J connectivity index is 1.60. The lowest BCUT2D eigenvalue weighted by Gasteiger charge is -2.10. The highest BCUT2D eigenvalue weighted by molar-refractivity contribution is 8.00. The predicted octanol–water partition coefficient (Wildman–Crippen LogP) is 2.55. The van der Waals surface area contributed by atoms with E-state index in [1.165, 1.54) is 11.8 Å². The van der Waals surface area contributed by atoms with Crippen LogP contribution in [0.15, 0.2) is 35.5 Å². The molecule has 0 saturated heterocycles. The summed E-state index contributed by atoms with van der Waals surface area (Å²) in [7, 11) is 1.63. The topological polar surface area (TPSA) is 81.4 Å². The summed E-state index contributed by atoms with van der Waals surface area (Å²) in [5.74, 6) is 1.28. The number of rotatable bonds is 6. The summed E-state index contributed by atoms with van der Waals surface area (Å²) >= 11 is 1.32. The molecule has 3 rings (SSSR count). The molecule has 26 heavy (non-hydrogen) atoms. The van der Waals surface area contributed by atoms with Gasteiger partial charge in [0.25, 0.3) is 5.78 Å². The molecular weight excluding hydrogens is 350 g/mol. The van der Waals surface area contributed by atoms with Crippen molar-refractivity contribution >= 4 is 23.4 Å². The van der Waals surface area contributed by atoms with Crippen LogP contribution in [-0.4, -0.2) is 37.8 Å². The number of carbonyl (C=O) groups excluding carboxylic acids is 1. The number of nitrogens with zero attached hydrogens (tertiary/aromatic N) is 4. The maximum atomic E-state index is 12.3. The van der Waals surface area contributed by atoms with E-state index in [1.54, 1.807) is 11.6 Å². The van der Waals surface area contributed by atoms with Crippen molar-refractivity contribution in [1.29, 1.82) is 0 Å². The maximum Gasteiger partial charge on any atom is 0.253 e. The number of aromatic nitrogens is 4. The van der Waals surface area contributed by atoms with Crippen LogP contribution in [0.3, 0.4) is 0 Å². The molecule has 0 aliphatic heterocycles. The van der Waals surface area contributed by atoms with Gasteiger partial charge in [0.05, 0.1) is 12.4 Å². The van der Waals surface area contributed by atoms with E-state index in [2.05, 4.69) is 20.4 Å². The molecule has 0 aliphatic rings. The number of amides is 1. The molecule has 2 aromatic heterocycles. The lowest BCUT2D eigenvalue weighted by Crippen LogP contribution is -2.30. The summed E-state index contributed by atoms with van der Waals surface area (Å²) in [5.41, 5.74) is 2.87. The van der Waals surface area contributed by atoms with E-state index in [0.29, 0.717) is 17.5 Å². The average Bonchev–Trinajstić information content (AvgIpc) is 3.02. The number of hydrogen-bond acceptors (Lipinski definition) is 6. The van der Waals surface area contributed by atoms with Gasteiger partial charge in [0.2, 0.25) is 11.1 Å². The largest absolute Gasteiger partial charge is 0.497 e. The number of carbonyl (C=O) groups is 1. The van der Waals surface area contributed by atoms with Crippen molar-refractivity contribution in [3.05, 3.63) is 47.3 Å². The van der Waals surface area contributed by atoms with E-state index in [1.807, 2.05) is 51.1 Å². The summed E-state index contributed by atoms with van der Waals surface area (Å²) in [5, 5.41) is 7.58. The molecule has 0 saturated carbocycles. The predicted molar refractivity (Wildman–Crippen MR) is 100 cm³/mol. The second-order valence-corrected chi connectivity index (χ2v) is 7.28. The molecule has 1 unspecified atom stereocenters. The van der Waals surface area contributed by atoms with Crippen LogP contribution in [0, 0.1) is 13.8 Å². The summed E-state index contributed by atoms with van der Waals surface area (Å²) in [6, 6.07) is 9.55. The first kappa shape index (κ1) is 18.2. The maximum absolute atomic E-state index is 12.3. The van der Waals surface area contributed by atoms with Crippen LogP contribution < -0.4 is 10.1 Å². The van der Waals surface area contributed by atoms with Crippen molar-refractivity contribution in [2.75, 3.05) is 7.11 Å². The fourth-order valence-corrected chi connectivity index (χ4v) is 3.26. The Bertz CT molecular complexity index is 923. The highest BCUT2D eigenvalue weighted by Crippen LogP contribution is 2.21. The first-order chi connectivity index (χ1) is 12.5. The molecule has 1 N–H and O–H groups in total. The smallest absolute Gasteiger partial charge is 0.253 e. The van der Waals surface area contributed by atoms with Crippen LogP contribution in [0.2, 0.25) is 0 Å². The van der Waals surface area contributed by atoms with Crippen molar-refractivity contribution in [3.8, 4) is 5.75 Å². The van der Waals surface area contributed by atoms with Crippen molar-refractivity contribution in [2.24, 2.45) is 0 Å². The molecule has 0 radical (unpaired) electrons. The number of aryl methyl sites for hydroxylation is 2. The number of fused-ring (bicyclic) bond motifs is 1. The lowest BCUT2D eigenvalue weighted by atomic mass is 10.2. The van der Waals surface area contributed by atoms with Crippen molar-refractivity contribution < 1.29 is 9.53 Å². The van der Waals surface area contributed by atoms with Crippen molar-refractivity contribution in [1.82, 2.24) is 24.9 Å². The summed E-state index contributed by atoms with van der Waals surface area (Å²) in [6.07, 6.45) is 0. The van der Waals surface area contributed by atoms with Crippen LogP contribution >= 0.6 is 11.8 Å². The summed E-state index contributed by atoms with van der Waals surface area (Å²) in [4.78, 5) is 21.1. The Kier molecular flexibility index (Phi) is 5.41. The van der Waals surface area contributed by atoms with Gasteiger partial charge in [-0.2, -0.15) is 4.98 Å². The number of benzene rings is 1. The lowest BCUT2D eigenvalue weighted by molar-refractivity contribution is -0.120. The first-order valence-electron chi connectivity index (χ1n) is 8.24. The number of hydrogen-bond donors (Lipinski definition) is 1. The van der Waals surface area contributed by atoms with Gasteiger partial charge in [0.15, 0.2) is 0 Å². The zero-order chi connectivity index (χ0) is 18.7. The number of nitrogens with one attached hydrogen (secondary N) is 1. The number of methoxy groups -OCH3 is 1. The van der Waals surface area contributed by atoms with Gasteiger partial charge in [0.1, 0.15) is 5.75 Å². The normalized spacial score (nSPS) is 12.2. The van der Waals surface area contributed by atoms with Crippen LogP contribution in [0.25, 0.3) is 5.78 Å². The zero-order valence-electron chi connectivity index (χ0n) is 15.2. The second-order valence-electron chi connectivity index (χ2n) is 5.97. The minimum Gasteiger partial charge on any atom is -0.497 e. The summed E-state index contributed by atoms with van der Waals surface area (Å²) < 4.78 is 6.82. The third kappa shape index (κ3) is 4.13. The van der Waals surface area contributed by atoms with E-state index in [4.69, 9.17) is 4.74 Å². The molecule has 7 nitrogen and oxygen atoms in total. The van der Waals surface area contributed by atoms with Gasteiger partial charge >= 0.3 is 0 Å². The second kappa shape index (κ2) is 7.74.